The van der Waals surface area contributed by atoms with E-state index in [2.05, 4.69) is 4.98 Å². The molecule has 0 unspecified atom stereocenters. The zero-order valence-corrected chi connectivity index (χ0v) is 12.9. The lowest BCUT2D eigenvalue weighted by molar-refractivity contribution is 0.0701. The summed E-state index contributed by atoms with van der Waals surface area (Å²) in [4.78, 5) is 16.4. The molecular formula is C18H15NO2S. The molecule has 0 saturated carbocycles. The number of aromatic carboxylic acids is 1. The van der Waals surface area contributed by atoms with Crippen LogP contribution in [0.25, 0.3) is 10.6 Å². The van der Waals surface area contributed by atoms with Crippen LogP contribution < -0.4 is 0 Å². The fourth-order valence-electron chi connectivity index (χ4n) is 2.25. The van der Waals surface area contributed by atoms with Gasteiger partial charge in [0.15, 0.2) is 0 Å². The van der Waals surface area contributed by atoms with Gasteiger partial charge in [0.2, 0.25) is 0 Å². The number of carbonyl (C=O) groups is 1. The van der Waals surface area contributed by atoms with Crippen LogP contribution in [0, 0.1) is 6.92 Å². The van der Waals surface area contributed by atoms with Gasteiger partial charge in [0.05, 0.1) is 5.69 Å². The Hall–Kier alpha value is -2.46. The number of hydrogen-bond donors (Lipinski definition) is 1. The van der Waals surface area contributed by atoms with E-state index < -0.39 is 5.97 Å². The number of rotatable bonds is 4. The summed E-state index contributed by atoms with van der Waals surface area (Å²) >= 11 is 1.24. The Morgan fingerprint density at radius 1 is 1.09 bits per heavy atom. The van der Waals surface area contributed by atoms with Crippen LogP contribution in [-0.4, -0.2) is 16.1 Å². The maximum atomic E-state index is 11.5. The molecule has 1 aromatic heterocycles. The first-order chi connectivity index (χ1) is 10.6. The maximum Gasteiger partial charge on any atom is 0.347 e. The first-order valence-electron chi connectivity index (χ1n) is 6.97. The summed E-state index contributed by atoms with van der Waals surface area (Å²) in [6.07, 6.45) is 0.533. The normalized spacial score (nSPS) is 10.6. The van der Waals surface area contributed by atoms with Gasteiger partial charge in [-0.1, -0.05) is 60.2 Å². The van der Waals surface area contributed by atoms with Crippen molar-refractivity contribution >= 4 is 17.3 Å². The second-order valence-electron chi connectivity index (χ2n) is 5.13. The second kappa shape index (κ2) is 6.12. The van der Waals surface area contributed by atoms with Gasteiger partial charge in [-0.25, -0.2) is 9.78 Å². The third-order valence-corrected chi connectivity index (χ3v) is 4.54. The molecule has 0 aliphatic carbocycles. The Morgan fingerprint density at radius 2 is 1.77 bits per heavy atom. The summed E-state index contributed by atoms with van der Waals surface area (Å²) in [6.45, 7) is 2.02. The number of nitrogens with zero attached hydrogens (tertiary/aromatic N) is 1. The van der Waals surface area contributed by atoms with Gasteiger partial charge in [0.1, 0.15) is 9.88 Å². The highest BCUT2D eigenvalue weighted by molar-refractivity contribution is 7.17. The SMILES string of the molecule is Cc1ccc(-c2nc(Cc3ccccc3)c(C(=O)O)s2)cc1. The van der Waals surface area contributed by atoms with Crippen molar-refractivity contribution in [3.63, 3.8) is 0 Å². The van der Waals surface area contributed by atoms with E-state index in [0.29, 0.717) is 17.0 Å². The van der Waals surface area contributed by atoms with Crippen LogP contribution in [0.2, 0.25) is 0 Å². The summed E-state index contributed by atoms with van der Waals surface area (Å²) in [5, 5.41) is 10.2. The van der Waals surface area contributed by atoms with Crippen molar-refractivity contribution < 1.29 is 9.90 Å². The van der Waals surface area contributed by atoms with Crippen LogP contribution in [0.1, 0.15) is 26.5 Å². The van der Waals surface area contributed by atoms with Crippen LogP contribution in [0.5, 0.6) is 0 Å². The summed E-state index contributed by atoms with van der Waals surface area (Å²) in [5.74, 6) is -0.915. The highest BCUT2D eigenvalue weighted by Crippen LogP contribution is 2.29. The quantitative estimate of drug-likeness (QED) is 0.776. The Balaban J connectivity index is 1.99. The van der Waals surface area contributed by atoms with E-state index in [1.807, 2.05) is 61.5 Å². The monoisotopic (exact) mass is 309 g/mol. The molecule has 0 aliphatic heterocycles. The van der Waals surface area contributed by atoms with Crippen LogP contribution in [0.3, 0.4) is 0 Å². The zero-order chi connectivity index (χ0) is 15.5. The smallest absolute Gasteiger partial charge is 0.347 e. The van der Waals surface area contributed by atoms with Crippen molar-refractivity contribution in [3.05, 3.63) is 76.3 Å². The largest absolute Gasteiger partial charge is 0.477 e. The van der Waals surface area contributed by atoms with Crippen LogP contribution in [0.15, 0.2) is 54.6 Å². The lowest BCUT2D eigenvalue weighted by atomic mass is 10.1. The van der Waals surface area contributed by atoms with Crippen molar-refractivity contribution in [2.24, 2.45) is 0 Å². The lowest BCUT2D eigenvalue weighted by Gasteiger charge is -1.99. The third kappa shape index (κ3) is 3.07. The highest BCUT2D eigenvalue weighted by atomic mass is 32.1. The molecule has 22 heavy (non-hydrogen) atoms. The second-order valence-corrected chi connectivity index (χ2v) is 6.13. The van der Waals surface area contributed by atoms with Crippen molar-refractivity contribution in [2.45, 2.75) is 13.3 Å². The van der Waals surface area contributed by atoms with Gasteiger partial charge in [-0.2, -0.15) is 0 Å². The molecule has 110 valence electrons. The molecule has 4 heteroatoms. The predicted octanol–water partition coefficient (Wildman–Crippen LogP) is 4.41. The van der Waals surface area contributed by atoms with Crippen molar-refractivity contribution in [2.75, 3.05) is 0 Å². The minimum Gasteiger partial charge on any atom is -0.477 e. The number of benzene rings is 2. The minimum absolute atomic E-state index is 0.319. The van der Waals surface area contributed by atoms with Crippen molar-refractivity contribution in [1.82, 2.24) is 4.98 Å². The topological polar surface area (TPSA) is 50.2 Å². The van der Waals surface area contributed by atoms with Gasteiger partial charge in [0, 0.05) is 12.0 Å². The minimum atomic E-state index is -0.915. The lowest BCUT2D eigenvalue weighted by Crippen LogP contribution is -1.99. The van der Waals surface area contributed by atoms with E-state index in [9.17, 15) is 9.90 Å². The average molecular weight is 309 g/mol. The highest BCUT2D eigenvalue weighted by Gasteiger charge is 2.18. The Labute approximate surface area is 132 Å². The van der Waals surface area contributed by atoms with Gasteiger partial charge in [-0.15, -0.1) is 11.3 Å². The molecule has 0 amide bonds. The van der Waals surface area contributed by atoms with Crippen LogP contribution >= 0.6 is 11.3 Å². The molecule has 0 saturated heterocycles. The van der Waals surface area contributed by atoms with Gasteiger partial charge < -0.3 is 5.11 Å². The third-order valence-electron chi connectivity index (χ3n) is 3.40. The van der Waals surface area contributed by atoms with E-state index in [-0.39, 0.29) is 0 Å². The number of thiazole rings is 1. The molecule has 1 heterocycles. The van der Waals surface area contributed by atoms with Crippen molar-refractivity contribution in [1.29, 1.82) is 0 Å². The molecule has 0 aliphatic rings. The van der Waals surface area contributed by atoms with Gasteiger partial charge in [-0.3, -0.25) is 0 Å². The summed E-state index contributed by atoms with van der Waals surface area (Å²) in [6, 6.07) is 17.8. The molecule has 0 spiro atoms. The fraction of sp³-hybridized carbons (Fsp3) is 0.111. The molecule has 0 bridgehead atoms. The van der Waals surface area contributed by atoms with Crippen LogP contribution in [-0.2, 0) is 6.42 Å². The van der Waals surface area contributed by atoms with E-state index in [0.717, 1.165) is 16.1 Å². The average Bonchev–Trinajstić information content (AvgIpc) is 2.93. The molecule has 2 aromatic carbocycles. The Kier molecular flexibility index (Phi) is 4.02. The zero-order valence-electron chi connectivity index (χ0n) is 12.1. The molecule has 0 fully saturated rings. The molecule has 3 aromatic rings. The van der Waals surface area contributed by atoms with Gasteiger partial charge in [0.25, 0.3) is 0 Å². The summed E-state index contributed by atoms with van der Waals surface area (Å²) < 4.78 is 0. The molecule has 0 radical (unpaired) electrons. The first-order valence-corrected chi connectivity index (χ1v) is 7.79. The molecule has 0 atom stereocenters. The van der Waals surface area contributed by atoms with E-state index in [1.165, 1.54) is 16.9 Å². The number of carboxylic acids is 1. The summed E-state index contributed by atoms with van der Waals surface area (Å²) in [7, 11) is 0. The summed E-state index contributed by atoms with van der Waals surface area (Å²) in [5.41, 5.74) is 3.81. The number of aryl methyl sites for hydroxylation is 1. The predicted molar refractivity (Wildman–Crippen MR) is 88.5 cm³/mol. The van der Waals surface area contributed by atoms with Crippen LogP contribution in [0.4, 0.5) is 0 Å². The van der Waals surface area contributed by atoms with E-state index >= 15 is 0 Å². The number of aromatic nitrogens is 1. The van der Waals surface area contributed by atoms with E-state index in [1.54, 1.807) is 0 Å². The Morgan fingerprint density at radius 3 is 2.41 bits per heavy atom. The number of carboxylic acid groups (broad SMARTS) is 1. The molecule has 3 rings (SSSR count). The van der Waals surface area contributed by atoms with Gasteiger partial charge >= 0.3 is 5.97 Å². The van der Waals surface area contributed by atoms with Crippen molar-refractivity contribution in [3.8, 4) is 10.6 Å². The first kappa shape index (κ1) is 14.5. The van der Waals surface area contributed by atoms with E-state index in [4.69, 9.17) is 0 Å². The maximum absolute atomic E-state index is 11.5. The van der Waals surface area contributed by atoms with Gasteiger partial charge in [-0.05, 0) is 12.5 Å². The molecule has 1 N–H and O–H groups in total. The standard InChI is InChI=1S/C18H15NO2S/c1-12-7-9-14(10-8-12)17-19-15(16(22-17)18(20)21)11-13-5-3-2-4-6-13/h2-10H,11H2,1H3,(H,20,21). The molecular weight excluding hydrogens is 294 g/mol. The number of hydrogen-bond acceptors (Lipinski definition) is 3. The fourth-order valence-corrected chi connectivity index (χ4v) is 3.17. The molecule has 3 nitrogen and oxygen atoms in total. The Bertz CT molecular complexity index is 792.